The van der Waals surface area contributed by atoms with Crippen LogP contribution in [0.25, 0.3) is 0 Å². The summed E-state index contributed by atoms with van der Waals surface area (Å²) in [5.41, 5.74) is 0. The monoisotopic (exact) mass is 260 g/mol. The van der Waals surface area contributed by atoms with Crippen molar-refractivity contribution in [2.45, 2.75) is 11.8 Å². The molecule has 5 heteroatoms. The number of ether oxygens (including phenoxy) is 1. The molecule has 0 saturated heterocycles. The molecule has 2 unspecified atom stereocenters. The van der Waals surface area contributed by atoms with Crippen molar-refractivity contribution in [3.8, 4) is 0 Å². The molecule has 2 atom stereocenters. The predicted octanol–water partition coefficient (Wildman–Crippen LogP) is 2.26. The Morgan fingerprint density at radius 3 is 2.50 bits per heavy atom. The number of methoxy groups -OCH3 is 1. The van der Waals surface area contributed by atoms with Crippen LogP contribution >= 0.6 is 11.6 Å². The van der Waals surface area contributed by atoms with E-state index in [1.807, 2.05) is 0 Å². The standard InChI is InChI=1S/C11H13ClO3S/c1-8(11(13)15-2)7-16(14)10-5-3-9(12)4-6-10/h3-6,8H,7H2,1-2H3. The SMILES string of the molecule is COC(=O)C(C)CS(=O)c1ccc(Cl)cc1. The van der Waals surface area contributed by atoms with Gasteiger partial charge in [-0.1, -0.05) is 18.5 Å². The molecule has 0 aliphatic carbocycles. The smallest absolute Gasteiger partial charge is 0.309 e. The van der Waals surface area contributed by atoms with Gasteiger partial charge in [0.1, 0.15) is 0 Å². The van der Waals surface area contributed by atoms with Crippen LogP contribution < -0.4 is 0 Å². The molecular formula is C11H13ClO3S. The third-order valence-corrected chi connectivity index (χ3v) is 3.93. The van der Waals surface area contributed by atoms with E-state index < -0.39 is 10.8 Å². The van der Waals surface area contributed by atoms with Crippen LogP contribution in [-0.4, -0.2) is 23.0 Å². The number of hydrogen-bond donors (Lipinski definition) is 0. The van der Waals surface area contributed by atoms with Crippen LogP contribution in [0.5, 0.6) is 0 Å². The van der Waals surface area contributed by atoms with Crippen LogP contribution in [0.3, 0.4) is 0 Å². The Balaban J connectivity index is 2.65. The Kier molecular flexibility index (Phi) is 4.96. The van der Waals surface area contributed by atoms with E-state index in [0.29, 0.717) is 9.92 Å². The molecule has 0 aliphatic heterocycles. The third kappa shape index (κ3) is 3.61. The van der Waals surface area contributed by atoms with Gasteiger partial charge in [-0.05, 0) is 24.3 Å². The maximum Gasteiger partial charge on any atom is 0.309 e. The second kappa shape index (κ2) is 6.01. The first-order chi connectivity index (χ1) is 7.54. The Morgan fingerprint density at radius 2 is 2.00 bits per heavy atom. The Bertz CT molecular complexity index is 389. The lowest BCUT2D eigenvalue weighted by molar-refractivity contribution is -0.144. The highest BCUT2D eigenvalue weighted by atomic mass is 35.5. The van der Waals surface area contributed by atoms with Gasteiger partial charge in [-0.2, -0.15) is 0 Å². The Morgan fingerprint density at radius 1 is 1.44 bits per heavy atom. The molecule has 1 aromatic rings. The molecule has 88 valence electrons. The average molecular weight is 261 g/mol. The summed E-state index contributed by atoms with van der Waals surface area (Å²) in [4.78, 5) is 11.8. The summed E-state index contributed by atoms with van der Waals surface area (Å²) in [6.45, 7) is 1.69. The van der Waals surface area contributed by atoms with Gasteiger partial charge in [0.05, 0.1) is 23.8 Å². The summed E-state index contributed by atoms with van der Waals surface area (Å²) in [6.07, 6.45) is 0. The first-order valence-electron chi connectivity index (χ1n) is 4.76. The fourth-order valence-electron chi connectivity index (χ4n) is 1.18. The Labute approximate surface area is 102 Å². The van der Waals surface area contributed by atoms with E-state index >= 15 is 0 Å². The maximum absolute atomic E-state index is 11.8. The van der Waals surface area contributed by atoms with Gasteiger partial charge < -0.3 is 4.74 Å². The summed E-state index contributed by atoms with van der Waals surface area (Å²) in [6, 6.07) is 6.75. The molecule has 0 heterocycles. The number of esters is 1. The van der Waals surface area contributed by atoms with Gasteiger partial charge in [0, 0.05) is 15.7 Å². The van der Waals surface area contributed by atoms with Crippen LogP contribution in [0.15, 0.2) is 29.2 Å². The second-order valence-corrected chi connectivity index (χ2v) is 5.32. The molecule has 0 aromatic heterocycles. The highest BCUT2D eigenvalue weighted by Crippen LogP contribution is 2.14. The van der Waals surface area contributed by atoms with E-state index in [4.69, 9.17) is 11.6 Å². The Hall–Kier alpha value is -0.870. The molecule has 0 bridgehead atoms. The largest absolute Gasteiger partial charge is 0.469 e. The number of hydrogen-bond acceptors (Lipinski definition) is 3. The molecular weight excluding hydrogens is 248 g/mol. The molecule has 0 fully saturated rings. The van der Waals surface area contributed by atoms with Crippen molar-refractivity contribution in [1.29, 1.82) is 0 Å². The zero-order chi connectivity index (χ0) is 12.1. The van der Waals surface area contributed by atoms with E-state index in [1.54, 1.807) is 31.2 Å². The van der Waals surface area contributed by atoms with Crippen molar-refractivity contribution < 1.29 is 13.7 Å². The molecule has 0 radical (unpaired) electrons. The number of halogens is 1. The highest BCUT2D eigenvalue weighted by Gasteiger charge is 2.17. The van der Waals surface area contributed by atoms with Crippen LogP contribution in [0.2, 0.25) is 5.02 Å². The number of benzene rings is 1. The van der Waals surface area contributed by atoms with Crippen LogP contribution in [-0.2, 0) is 20.3 Å². The predicted molar refractivity (Wildman–Crippen MR) is 63.9 cm³/mol. The van der Waals surface area contributed by atoms with Crippen molar-refractivity contribution >= 4 is 28.4 Å². The van der Waals surface area contributed by atoms with Crippen molar-refractivity contribution in [1.82, 2.24) is 0 Å². The molecule has 0 N–H and O–H groups in total. The highest BCUT2D eigenvalue weighted by molar-refractivity contribution is 7.85. The fourth-order valence-corrected chi connectivity index (χ4v) is 2.53. The molecule has 1 rings (SSSR count). The average Bonchev–Trinajstić information content (AvgIpc) is 2.28. The zero-order valence-electron chi connectivity index (χ0n) is 9.10. The zero-order valence-corrected chi connectivity index (χ0v) is 10.7. The van der Waals surface area contributed by atoms with Gasteiger partial charge in [0.2, 0.25) is 0 Å². The topological polar surface area (TPSA) is 43.4 Å². The molecule has 0 amide bonds. The van der Waals surface area contributed by atoms with Gasteiger partial charge in [0.25, 0.3) is 0 Å². The van der Waals surface area contributed by atoms with Crippen LogP contribution in [0, 0.1) is 5.92 Å². The maximum atomic E-state index is 11.8. The van der Waals surface area contributed by atoms with E-state index in [9.17, 15) is 9.00 Å². The minimum atomic E-state index is -1.20. The minimum absolute atomic E-state index is 0.258. The fraction of sp³-hybridized carbons (Fsp3) is 0.364. The van der Waals surface area contributed by atoms with E-state index in [1.165, 1.54) is 7.11 Å². The van der Waals surface area contributed by atoms with Crippen molar-refractivity contribution in [2.75, 3.05) is 12.9 Å². The molecule has 3 nitrogen and oxygen atoms in total. The summed E-state index contributed by atoms with van der Waals surface area (Å²) >= 11 is 5.72. The van der Waals surface area contributed by atoms with E-state index in [0.717, 1.165) is 0 Å². The normalized spacial score (nSPS) is 14.2. The van der Waals surface area contributed by atoms with E-state index in [-0.39, 0.29) is 17.6 Å². The molecule has 0 saturated carbocycles. The number of carbonyl (C=O) groups is 1. The van der Waals surface area contributed by atoms with Gasteiger partial charge in [0.15, 0.2) is 0 Å². The van der Waals surface area contributed by atoms with Crippen molar-refractivity contribution in [3.05, 3.63) is 29.3 Å². The van der Waals surface area contributed by atoms with E-state index in [2.05, 4.69) is 4.74 Å². The second-order valence-electron chi connectivity index (χ2n) is 3.39. The molecule has 0 aliphatic rings. The summed E-state index contributed by atoms with van der Waals surface area (Å²) < 4.78 is 16.4. The van der Waals surface area contributed by atoms with Crippen molar-refractivity contribution in [2.24, 2.45) is 5.92 Å². The minimum Gasteiger partial charge on any atom is -0.469 e. The van der Waals surface area contributed by atoms with Crippen LogP contribution in [0.4, 0.5) is 0 Å². The van der Waals surface area contributed by atoms with Crippen LogP contribution in [0.1, 0.15) is 6.92 Å². The van der Waals surface area contributed by atoms with Gasteiger partial charge in [-0.3, -0.25) is 9.00 Å². The summed E-state index contributed by atoms with van der Waals surface area (Å²) in [5, 5.41) is 0.599. The third-order valence-electron chi connectivity index (χ3n) is 2.08. The number of rotatable bonds is 4. The summed E-state index contributed by atoms with van der Waals surface area (Å²) in [5.74, 6) is -0.460. The lowest BCUT2D eigenvalue weighted by Crippen LogP contribution is -2.19. The lowest BCUT2D eigenvalue weighted by atomic mass is 10.2. The van der Waals surface area contributed by atoms with Gasteiger partial charge in [-0.25, -0.2) is 0 Å². The lowest BCUT2D eigenvalue weighted by Gasteiger charge is -2.08. The van der Waals surface area contributed by atoms with Gasteiger partial charge >= 0.3 is 5.97 Å². The van der Waals surface area contributed by atoms with Gasteiger partial charge in [-0.15, -0.1) is 0 Å². The quantitative estimate of drug-likeness (QED) is 0.780. The van der Waals surface area contributed by atoms with Crippen molar-refractivity contribution in [3.63, 3.8) is 0 Å². The first-order valence-corrected chi connectivity index (χ1v) is 6.46. The molecule has 16 heavy (non-hydrogen) atoms. The number of carbonyl (C=O) groups excluding carboxylic acids is 1. The molecule has 0 spiro atoms. The summed E-state index contributed by atoms with van der Waals surface area (Å²) in [7, 11) is 0.120. The molecule has 1 aromatic carbocycles. The first kappa shape index (κ1) is 13.2.